The number of carboxylic acids is 2. The molecule has 0 atom stereocenters. The monoisotopic (exact) mass is 295 g/mol. The fourth-order valence-corrected chi connectivity index (χ4v) is 2.37. The average Bonchev–Trinajstić information content (AvgIpc) is 2.40. The number of carbonyl (C=O) groups is 2. The maximum atomic E-state index is 10.8. The second-order valence-corrected chi connectivity index (χ2v) is 4.87. The molecule has 0 fully saturated rings. The number of aliphatic carboxylic acids is 2. The summed E-state index contributed by atoms with van der Waals surface area (Å²) >= 11 is 6.07. The molecule has 1 aromatic carbocycles. The molecule has 6 heteroatoms. The minimum atomic E-state index is -1.20. The summed E-state index contributed by atoms with van der Waals surface area (Å²) in [5.41, 5.74) is -0.721. The Morgan fingerprint density at radius 3 is 2.05 bits per heavy atom. The molecule has 0 aliphatic carbocycles. The summed E-state index contributed by atoms with van der Waals surface area (Å²) in [6.07, 6.45) is -0.400. The van der Waals surface area contributed by atoms with Crippen LogP contribution in [0.3, 0.4) is 0 Å². The van der Waals surface area contributed by atoms with E-state index in [0.29, 0.717) is 10.6 Å². The van der Waals surface area contributed by atoms with E-state index in [-0.39, 0.29) is 25.7 Å². The first-order valence-corrected chi connectivity index (χ1v) is 6.39. The van der Waals surface area contributed by atoms with Gasteiger partial charge < -0.3 is 10.2 Å². The van der Waals surface area contributed by atoms with E-state index in [1.54, 1.807) is 24.3 Å². The van der Waals surface area contributed by atoms with Crippen molar-refractivity contribution in [3.05, 3.63) is 34.9 Å². The Bertz CT molecular complexity index is 532. The lowest BCUT2D eigenvalue weighted by molar-refractivity contribution is -0.137. The Kier molecular flexibility index (Phi) is 5.53. The lowest BCUT2D eigenvalue weighted by Crippen LogP contribution is -2.27. The highest BCUT2D eigenvalue weighted by Crippen LogP contribution is 2.37. The highest BCUT2D eigenvalue weighted by Gasteiger charge is 2.35. The van der Waals surface area contributed by atoms with Crippen LogP contribution in [0.4, 0.5) is 0 Å². The first kappa shape index (κ1) is 16.0. The number of carboxylic acid groups (broad SMARTS) is 2. The van der Waals surface area contributed by atoms with Crippen LogP contribution in [0.2, 0.25) is 5.02 Å². The van der Waals surface area contributed by atoms with Crippen LogP contribution in [-0.2, 0) is 15.0 Å². The Hall–Kier alpha value is -2.06. The van der Waals surface area contributed by atoms with E-state index in [4.69, 9.17) is 21.8 Å². The Morgan fingerprint density at radius 1 is 1.15 bits per heavy atom. The third-order valence-corrected chi connectivity index (χ3v) is 3.46. The molecule has 0 aliphatic rings. The number of halogens is 1. The van der Waals surface area contributed by atoms with Gasteiger partial charge in [-0.25, -0.2) is 0 Å². The standard InChI is InChI=1S/C14H14ClNO4/c15-11-4-2-1-3-10(11)14(9-16,7-5-12(17)18)8-6-13(19)20/h1-4H,5-8H2,(H,17,18)(H,19,20). The van der Waals surface area contributed by atoms with Gasteiger partial charge in [-0.05, 0) is 24.5 Å². The van der Waals surface area contributed by atoms with Crippen LogP contribution in [0, 0.1) is 11.3 Å². The van der Waals surface area contributed by atoms with Gasteiger partial charge in [-0.2, -0.15) is 5.26 Å². The highest BCUT2D eigenvalue weighted by atomic mass is 35.5. The highest BCUT2D eigenvalue weighted by molar-refractivity contribution is 6.31. The third kappa shape index (κ3) is 3.97. The SMILES string of the molecule is N#CC(CCC(=O)O)(CCC(=O)O)c1ccccc1Cl. The van der Waals surface area contributed by atoms with Gasteiger partial charge in [-0.1, -0.05) is 29.8 Å². The van der Waals surface area contributed by atoms with Crippen molar-refractivity contribution in [3.8, 4) is 6.07 Å². The second-order valence-electron chi connectivity index (χ2n) is 4.46. The Labute approximate surface area is 121 Å². The van der Waals surface area contributed by atoms with Gasteiger partial charge in [-0.15, -0.1) is 0 Å². The average molecular weight is 296 g/mol. The van der Waals surface area contributed by atoms with Crippen LogP contribution in [0.25, 0.3) is 0 Å². The summed E-state index contributed by atoms with van der Waals surface area (Å²) in [6, 6.07) is 8.69. The topological polar surface area (TPSA) is 98.4 Å². The van der Waals surface area contributed by atoms with Crippen molar-refractivity contribution in [2.45, 2.75) is 31.1 Å². The van der Waals surface area contributed by atoms with Crippen molar-refractivity contribution < 1.29 is 19.8 Å². The zero-order valence-electron chi connectivity index (χ0n) is 10.7. The molecule has 106 valence electrons. The molecule has 0 amide bonds. The summed E-state index contributed by atoms with van der Waals surface area (Å²) in [7, 11) is 0. The number of nitrogens with zero attached hydrogens (tertiary/aromatic N) is 1. The van der Waals surface area contributed by atoms with Gasteiger partial charge in [0, 0.05) is 17.9 Å². The number of rotatable bonds is 7. The summed E-state index contributed by atoms with van der Waals surface area (Å²) in [5.74, 6) is -2.07. The molecule has 0 aromatic heterocycles. The fraction of sp³-hybridized carbons (Fsp3) is 0.357. The smallest absolute Gasteiger partial charge is 0.303 e. The predicted octanol–water partition coefficient (Wildman–Crippen LogP) is 2.83. The van der Waals surface area contributed by atoms with Crippen LogP contribution in [0.5, 0.6) is 0 Å². The third-order valence-electron chi connectivity index (χ3n) is 3.13. The normalized spacial score (nSPS) is 10.8. The van der Waals surface area contributed by atoms with Gasteiger partial charge in [0.15, 0.2) is 0 Å². The van der Waals surface area contributed by atoms with Crippen LogP contribution in [-0.4, -0.2) is 22.2 Å². The van der Waals surface area contributed by atoms with E-state index in [1.165, 1.54) is 0 Å². The largest absolute Gasteiger partial charge is 0.481 e. The molecule has 0 bridgehead atoms. The molecule has 1 aromatic rings. The van der Waals surface area contributed by atoms with Crippen LogP contribution < -0.4 is 0 Å². The molecule has 5 nitrogen and oxygen atoms in total. The summed E-state index contributed by atoms with van der Waals surface area (Å²) < 4.78 is 0. The van der Waals surface area contributed by atoms with Crippen molar-refractivity contribution in [2.75, 3.05) is 0 Å². The van der Waals surface area contributed by atoms with Gasteiger partial charge in [0.1, 0.15) is 0 Å². The van der Waals surface area contributed by atoms with Crippen molar-refractivity contribution >= 4 is 23.5 Å². The van der Waals surface area contributed by atoms with Crippen LogP contribution >= 0.6 is 11.6 Å². The lowest BCUT2D eigenvalue weighted by atomic mass is 9.74. The summed E-state index contributed by atoms with van der Waals surface area (Å²) in [4.78, 5) is 21.5. The van der Waals surface area contributed by atoms with E-state index in [1.807, 2.05) is 0 Å². The molecule has 20 heavy (non-hydrogen) atoms. The molecule has 0 saturated heterocycles. The van der Waals surface area contributed by atoms with E-state index in [2.05, 4.69) is 6.07 Å². The van der Waals surface area contributed by atoms with Gasteiger partial charge in [0.2, 0.25) is 0 Å². The number of hydrogen-bond acceptors (Lipinski definition) is 3. The number of hydrogen-bond donors (Lipinski definition) is 2. The van der Waals surface area contributed by atoms with Gasteiger partial charge in [0.25, 0.3) is 0 Å². The van der Waals surface area contributed by atoms with Gasteiger partial charge >= 0.3 is 11.9 Å². The van der Waals surface area contributed by atoms with Crippen molar-refractivity contribution in [2.24, 2.45) is 0 Å². The molecule has 0 saturated carbocycles. The van der Waals surface area contributed by atoms with Gasteiger partial charge in [0.05, 0.1) is 11.5 Å². The Balaban J connectivity index is 3.16. The quantitative estimate of drug-likeness (QED) is 0.806. The zero-order chi connectivity index (χ0) is 15.2. The molecule has 0 spiro atoms. The first-order valence-electron chi connectivity index (χ1n) is 6.01. The van der Waals surface area contributed by atoms with Crippen LogP contribution in [0.15, 0.2) is 24.3 Å². The zero-order valence-corrected chi connectivity index (χ0v) is 11.4. The Morgan fingerprint density at radius 2 is 1.65 bits per heavy atom. The molecular formula is C14H14ClNO4. The van der Waals surface area contributed by atoms with E-state index in [0.717, 1.165) is 0 Å². The molecule has 0 heterocycles. The molecular weight excluding hydrogens is 282 g/mol. The lowest BCUT2D eigenvalue weighted by Gasteiger charge is -2.27. The van der Waals surface area contributed by atoms with Crippen molar-refractivity contribution in [1.82, 2.24) is 0 Å². The predicted molar refractivity (Wildman–Crippen MR) is 72.5 cm³/mol. The first-order chi connectivity index (χ1) is 9.41. The molecule has 2 N–H and O–H groups in total. The minimum absolute atomic E-state index is 0.0237. The number of nitriles is 1. The van der Waals surface area contributed by atoms with Crippen molar-refractivity contribution in [3.63, 3.8) is 0 Å². The summed E-state index contributed by atoms with van der Waals surface area (Å²) in [6.45, 7) is 0. The molecule has 0 unspecified atom stereocenters. The van der Waals surface area contributed by atoms with Crippen LogP contribution in [0.1, 0.15) is 31.2 Å². The van der Waals surface area contributed by atoms with Gasteiger partial charge in [-0.3, -0.25) is 9.59 Å². The fourth-order valence-electron chi connectivity index (χ4n) is 2.06. The maximum Gasteiger partial charge on any atom is 0.303 e. The molecule has 0 radical (unpaired) electrons. The molecule has 0 aliphatic heterocycles. The van der Waals surface area contributed by atoms with E-state index < -0.39 is 17.4 Å². The minimum Gasteiger partial charge on any atom is -0.481 e. The number of benzene rings is 1. The van der Waals surface area contributed by atoms with E-state index in [9.17, 15) is 14.9 Å². The summed E-state index contributed by atoms with van der Waals surface area (Å²) in [5, 5.41) is 27.4. The maximum absolute atomic E-state index is 10.8. The van der Waals surface area contributed by atoms with Crippen molar-refractivity contribution in [1.29, 1.82) is 5.26 Å². The second kappa shape index (κ2) is 6.92. The molecule has 1 rings (SSSR count). The van der Waals surface area contributed by atoms with E-state index >= 15 is 0 Å².